The minimum atomic E-state index is -3.07. The van der Waals surface area contributed by atoms with Crippen molar-refractivity contribution in [1.29, 1.82) is 0 Å². The topological polar surface area (TPSA) is 83.5 Å². The molecule has 1 aromatic carbocycles. The normalized spacial score (nSPS) is 13.2. The standard InChI is InChI=1S/C12H16FNO4S/c1-8(7-19(2,17)18)14-6-9-3-4-10(12(15)16)11(13)5-9/h3-5,8,14H,6-7H2,1-2H3,(H,15,16). The SMILES string of the molecule is CC(CS(C)(=O)=O)NCc1ccc(C(=O)O)c(F)c1. The van der Waals surface area contributed by atoms with Crippen LogP contribution < -0.4 is 5.32 Å². The number of sulfone groups is 1. The van der Waals surface area contributed by atoms with E-state index in [-0.39, 0.29) is 23.9 Å². The van der Waals surface area contributed by atoms with Crippen molar-refractivity contribution >= 4 is 15.8 Å². The third kappa shape index (κ3) is 5.35. The monoisotopic (exact) mass is 289 g/mol. The minimum absolute atomic E-state index is 0.0112. The van der Waals surface area contributed by atoms with E-state index in [0.717, 1.165) is 12.3 Å². The van der Waals surface area contributed by atoms with Crippen molar-refractivity contribution in [1.82, 2.24) is 5.32 Å². The fourth-order valence-electron chi connectivity index (χ4n) is 1.65. The fraction of sp³-hybridized carbons (Fsp3) is 0.417. The van der Waals surface area contributed by atoms with E-state index in [4.69, 9.17) is 5.11 Å². The summed E-state index contributed by atoms with van der Waals surface area (Å²) in [4.78, 5) is 10.6. The van der Waals surface area contributed by atoms with Gasteiger partial charge in [-0.2, -0.15) is 0 Å². The van der Waals surface area contributed by atoms with Crippen LogP contribution in [0.5, 0.6) is 0 Å². The van der Waals surface area contributed by atoms with Crippen LogP contribution >= 0.6 is 0 Å². The Morgan fingerprint density at radius 3 is 2.58 bits per heavy atom. The van der Waals surface area contributed by atoms with Crippen LogP contribution in [-0.2, 0) is 16.4 Å². The highest BCUT2D eigenvalue weighted by atomic mass is 32.2. The van der Waals surface area contributed by atoms with Crippen molar-refractivity contribution in [3.63, 3.8) is 0 Å². The minimum Gasteiger partial charge on any atom is -0.478 e. The molecule has 5 nitrogen and oxygen atoms in total. The predicted molar refractivity (Wildman–Crippen MR) is 69.4 cm³/mol. The van der Waals surface area contributed by atoms with E-state index in [1.54, 1.807) is 6.92 Å². The molecule has 0 saturated carbocycles. The fourth-order valence-corrected chi connectivity index (χ4v) is 2.67. The summed E-state index contributed by atoms with van der Waals surface area (Å²) < 4.78 is 35.5. The van der Waals surface area contributed by atoms with Crippen LogP contribution in [-0.4, -0.2) is 37.5 Å². The van der Waals surface area contributed by atoms with Crippen LogP contribution in [0, 0.1) is 5.82 Å². The Bertz CT molecular complexity index is 571. The number of rotatable bonds is 6. The van der Waals surface area contributed by atoms with Crippen molar-refractivity contribution in [3.8, 4) is 0 Å². The van der Waals surface area contributed by atoms with Crippen LogP contribution in [0.3, 0.4) is 0 Å². The Hall–Kier alpha value is -1.47. The predicted octanol–water partition coefficient (Wildman–Crippen LogP) is 1.05. The zero-order chi connectivity index (χ0) is 14.6. The van der Waals surface area contributed by atoms with Crippen LogP contribution in [0.2, 0.25) is 0 Å². The van der Waals surface area contributed by atoms with E-state index >= 15 is 0 Å². The molecular weight excluding hydrogens is 273 g/mol. The molecule has 0 heterocycles. The summed E-state index contributed by atoms with van der Waals surface area (Å²) in [5, 5.41) is 11.6. The highest BCUT2D eigenvalue weighted by molar-refractivity contribution is 7.90. The first-order valence-electron chi connectivity index (χ1n) is 5.62. The third-order valence-electron chi connectivity index (χ3n) is 2.47. The lowest BCUT2D eigenvalue weighted by atomic mass is 10.1. The quantitative estimate of drug-likeness (QED) is 0.817. The smallest absolute Gasteiger partial charge is 0.338 e. The summed E-state index contributed by atoms with van der Waals surface area (Å²) in [6, 6.07) is 3.55. The second kappa shape index (κ2) is 6.12. The first-order chi connectivity index (χ1) is 8.69. The van der Waals surface area contributed by atoms with Gasteiger partial charge in [0.05, 0.1) is 11.3 Å². The number of hydrogen-bond donors (Lipinski definition) is 2. The van der Waals surface area contributed by atoms with Gasteiger partial charge in [0.2, 0.25) is 0 Å². The number of carboxylic acids is 1. The molecule has 0 aliphatic carbocycles. The number of aromatic carboxylic acids is 1. The van der Waals surface area contributed by atoms with Crippen molar-refractivity contribution in [3.05, 3.63) is 35.1 Å². The van der Waals surface area contributed by atoms with Gasteiger partial charge in [-0.3, -0.25) is 0 Å². The van der Waals surface area contributed by atoms with Gasteiger partial charge >= 0.3 is 5.97 Å². The van der Waals surface area contributed by atoms with Gasteiger partial charge in [-0.15, -0.1) is 0 Å². The molecule has 0 aliphatic heterocycles. The van der Waals surface area contributed by atoms with Gasteiger partial charge in [-0.05, 0) is 24.6 Å². The molecule has 0 radical (unpaired) electrons. The Balaban J connectivity index is 2.64. The summed E-state index contributed by atoms with van der Waals surface area (Å²) in [5.74, 6) is -2.13. The molecule has 0 fully saturated rings. The molecule has 0 spiro atoms. The number of benzene rings is 1. The maximum atomic E-state index is 13.4. The second-order valence-corrected chi connectivity index (χ2v) is 6.68. The van der Waals surface area contributed by atoms with Crippen molar-refractivity contribution < 1.29 is 22.7 Å². The molecule has 19 heavy (non-hydrogen) atoms. The van der Waals surface area contributed by atoms with Gasteiger partial charge in [0, 0.05) is 18.8 Å². The third-order valence-corrected chi connectivity index (χ3v) is 3.58. The van der Waals surface area contributed by atoms with E-state index in [2.05, 4.69) is 5.32 Å². The number of carboxylic acid groups (broad SMARTS) is 1. The van der Waals surface area contributed by atoms with E-state index in [0.29, 0.717) is 5.56 Å². The zero-order valence-corrected chi connectivity index (χ0v) is 11.5. The largest absolute Gasteiger partial charge is 0.478 e. The number of halogens is 1. The Morgan fingerprint density at radius 1 is 1.47 bits per heavy atom. The first-order valence-corrected chi connectivity index (χ1v) is 7.68. The maximum absolute atomic E-state index is 13.4. The molecule has 7 heteroatoms. The summed E-state index contributed by atoms with van der Waals surface area (Å²) in [6.45, 7) is 1.98. The molecule has 0 aromatic heterocycles. The molecule has 1 aromatic rings. The second-order valence-electron chi connectivity index (χ2n) is 4.49. The highest BCUT2D eigenvalue weighted by Crippen LogP contribution is 2.10. The van der Waals surface area contributed by atoms with Gasteiger partial charge in [0.15, 0.2) is 0 Å². The average Bonchev–Trinajstić information content (AvgIpc) is 2.23. The van der Waals surface area contributed by atoms with Gasteiger partial charge in [0.1, 0.15) is 15.7 Å². The van der Waals surface area contributed by atoms with Gasteiger partial charge in [-0.25, -0.2) is 17.6 Å². The van der Waals surface area contributed by atoms with Gasteiger partial charge in [-0.1, -0.05) is 6.07 Å². The van der Waals surface area contributed by atoms with E-state index in [9.17, 15) is 17.6 Å². The van der Waals surface area contributed by atoms with Gasteiger partial charge in [0.25, 0.3) is 0 Å². The lowest BCUT2D eigenvalue weighted by Gasteiger charge is -2.12. The van der Waals surface area contributed by atoms with Crippen LogP contribution in [0.1, 0.15) is 22.8 Å². The molecule has 1 rings (SSSR count). The molecule has 0 saturated heterocycles. The zero-order valence-electron chi connectivity index (χ0n) is 10.7. The van der Waals surface area contributed by atoms with Crippen LogP contribution in [0.25, 0.3) is 0 Å². The summed E-state index contributed by atoms with van der Waals surface area (Å²) in [7, 11) is -3.07. The van der Waals surface area contributed by atoms with Crippen molar-refractivity contribution in [2.45, 2.75) is 19.5 Å². The molecule has 1 atom stereocenters. The lowest BCUT2D eigenvalue weighted by molar-refractivity contribution is 0.0692. The Labute approximate surface area is 111 Å². The lowest BCUT2D eigenvalue weighted by Crippen LogP contribution is -2.32. The van der Waals surface area contributed by atoms with E-state index < -0.39 is 21.6 Å². The number of nitrogens with one attached hydrogen (secondary N) is 1. The molecule has 0 amide bonds. The maximum Gasteiger partial charge on any atom is 0.338 e. The number of carbonyl (C=O) groups is 1. The van der Waals surface area contributed by atoms with E-state index in [1.807, 2.05) is 0 Å². The van der Waals surface area contributed by atoms with Crippen molar-refractivity contribution in [2.24, 2.45) is 0 Å². The van der Waals surface area contributed by atoms with E-state index in [1.165, 1.54) is 12.1 Å². The molecule has 0 aliphatic rings. The molecule has 2 N–H and O–H groups in total. The number of hydrogen-bond acceptors (Lipinski definition) is 4. The highest BCUT2D eigenvalue weighted by Gasteiger charge is 2.12. The molecular formula is C12H16FNO4S. The molecule has 0 bridgehead atoms. The van der Waals surface area contributed by atoms with Crippen LogP contribution in [0.4, 0.5) is 4.39 Å². The Morgan fingerprint density at radius 2 is 2.11 bits per heavy atom. The summed E-state index contributed by atoms with van der Waals surface area (Å²) in [6.07, 6.45) is 1.15. The van der Waals surface area contributed by atoms with Crippen molar-refractivity contribution in [2.75, 3.05) is 12.0 Å². The molecule has 1 unspecified atom stereocenters. The summed E-state index contributed by atoms with van der Waals surface area (Å²) in [5.41, 5.74) is 0.177. The first kappa shape index (κ1) is 15.6. The Kier molecular flexibility index (Phi) is 5.02. The molecule has 106 valence electrons. The summed E-state index contributed by atoms with van der Waals surface area (Å²) >= 11 is 0. The van der Waals surface area contributed by atoms with Crippen LogP contribution in [0.15, 0.2) is 18.2 Å². The van der Waals surface area contributed by atoms with Gasteiger partial charge < -0.3 is 10.4 Å². The average molecular weight is 289 g/mol.